The molecule has 1 heterocycles. The van der Waals surface area contributed by atoms with Gasteiger partial charge in [0.25, 0.3) is 0 Å². The first-order valence-electron chi connectivity index (χ1n) is 7.62. The van der Waals surface area contributed by atoms with E-state index in [1.807, 2.05) is 24.3 Å². The van der Waals surface area contributed by atoms with Crippen LogP contribution >= 0.6 is 12.4 Å². The van der Waals surface area contributed by atoms with Gasteiger partial charge in [-0.1, -0.05) is 6.92 Å². The molecule has 6 heteroatoms. The number of carbonyl (C=O) groups excluding carboxylic acids is 1. The molecule has 1 atom stereocenters. The van der Waals surface area contributed by atoms with Crippen LogP contribution < -0.4 is 15.4 Å². The average Bonchev–Trinajstić information content (AvgIpc) is 3.03. The maximum absolute atomic E-state index is 11.9. The van der Waals surface area contributed by atoms with Crippen molar-refractivity contribution in [3.8, 4) is 5.75 Å². The van der Waals surface area contributed by atoms with Crippen LogP contribution in [-0.2, 0) is 9.53 Å². The van der Waals surface area contributed by atoms with E-state index in [1.165, 1.54) is 0 Å². The van der Waals surface area contributed by atoms with Gasteiger partial charge in [0.15, 0.2) is 0 Å². The third-order valence-electron chi connectivity index (χ3n) is 3.40. The Kier molecular flexibility index (Phi) is 8.89. The third-order valence-corrected chi connectivity index (χ3v) is 3.40. The highest BCUT2D eigenvalue weighted by atomic mass is 35.5. The molecule has 0 bridgehead atoms. The van der Waals surface area contributed by atoms with E-state index in [-0.39, 0.29) is 24.2 Å². The molecule has 1 aromatic carbocycles. The summed E-state index contributed by atoms with van der Waals surface area (Å²) in [6, 6.07) is 7.48. The molecule has 0 aliphatic carbocycles. The van der Waals surface area contributed by atoms with Crippen LogP contribution in [-0.4, -0.2) is 38.8 Å². The first-order chi connectivity index (χ1) is 10.3. The van der Waals surface area contributed by atoms with E-state index in [2.05, 4.69) is 17.6 Å². The highest BCUT2D eigenvalue weighted by Crippen LogP contribution is 2.18. The summed E-state index contributed by atoms with van der Waals surface area (Å²) in [4.78, 5) is 11.9. The van der Waals surface area contributed by atoms with Crippen LogP contribution in [0.3, 0.4) is 0 Å². The number of benzene rings is 1. The van der Waals surface area contributed by atoms with Gasteiger partial charge in [-0.15, -0.1) is 12.4 Å². The van der Waals surface area contributed by atoms with Gasteiger partial charge in [0, 0.05) is 18.8 Å². The van der Waals surface area contributed by atoms with Crippen molar-refractivity contribution >= 4 is 24.0 Å². The number of ether oxygens (including phenoxy) is 2. The number of anilines is 1. The van der Waals surface area contributed by atoms with Gasteiger partial charge in [-0.3, -0.25) is 4.79 Å². The number of amides is 1. The highest BCUT2D eigenvalue weighted by molar-refractivity contribution is 5.92. The normalized spacial score (nSPS) is 16.9. The number of rotatable bonds is 8. The minimum absolute atomic E-state index is 0. The lowest BCUT2D eigenvalue weighted by atomic mass is 10.1. The van der Waals surface area contributed by atoms with Gasteiger partial charge in [0.2, 0.25) is 5.91 Å². The number of hydrogen-bond donors (Lipinski definition) is 2. The molecule has 22 heavy (non-hydrogen) atoms. The molecule has 0 aromatic heterocycles. The molecular formula is C16H25ClN2O3. The Bertz CT molecular complexity index is 434. The van der Waals surface area contributed by atoms with Gasteiger partial charge in [0.05, 0.1) is 12.5 Å². The summed E-state index contributed by atoms with van der Waals surface area (Å²) >= 11 is 0. The van der Waals surface area contributed by atoms with Crippen molar-refractivity contribution < 1.29 is 14.3 Å². The molecule has 1 amide bonds. The van der Waals surface area contributed by atoms with Crippen LogP contribution in [0.15, 0.2) is 24.3 Å². The standard InChI is InChI=1S/C16H24N2O3.ClH/c1-2-8-17-9-11-21-15-5-3-14(4-6-15)18-16(19)13-7-10-20-12-13;/h3-6,13,17H,2,7-12H2,1H3,(H,18,19);1H. The zero-order chi connectivity index (χ0) is 14.9. The van der Waals surface area contributed by atoms with Crippen LogP contribution in [0.4, 0.5) is 5.69 Å². The largest absolute Gasteiger partial charge is 0.492 e. The fraction of sp³-hybridized carbons (Fsp3) is 0.562. The Labute approximate surface area is 138 Å². The van der Waals surface area contributed by atoms with Crippen molar-refractivity contribution in [2.24, 2.45) is 5.92 Å². The fourth-order valence-electron chi connectivity index (χ4n) is 2.16. The predicted molar refractivity (Wildman–Crippen MR) is 89.9 cm³/mol. The number of carbonyl (C=O) groups is 1. The molecule has 2 rings (SSSR count). The van der Waals surface area contributed by atoms with Crippen molar-refractivity contribution in [3.05, 3.63) is 24.3 Å². The lowest BCUT2D eigenvalue weighted by Crippen LogP contribution is -2.22. The van der Waals surface area contributed by atoms with Crippen molar-refractivity contribution in [2.75, 3.05) is 38.2 Å². The fourth-order valence-corrected chi connectivity index (χ4v) is 2.16. The summed E-state index contributed by atoms with van der Waals surface area (Å²) < 4.78 is 10.8. The predicted octanol–water partition coefficient (Wildman–Crippen LogP) is 2.46. The van der Waals surface area contributed by atoms with E-state index in [0.717, 1.165) is 37.4 Å². The maximum Gasteiger partial charge on any atom is 0.229 e. The Morgan fingerprint density at radius 1 is 1.32 bits per heavy atom. The number of nitrogens with one attached hydrogen (secondary N) is 2. The molecule has 1 aliphatic heterocycles. The van der Waals surface area contributed by atoms with Crippen LogP contribution in [0.2, 0.25) is 0 Å². The molecule has 5 nitrogen and oxygen atoms in total. The van der Waals surface area contributed by atoms with Crippen molar-refractivity contribution in [2.45, 2.75) is 19.8 Å². The van der Waals surface area contributed by atoms with E-state index in [1.54, 1.807) is 0 Å². The highest BCUT2D eigenvalue weighted by Gasteiger charge is 2.23. The van der Waals surface area contributed by atoms with E-state index < -0.39 is 0 Å². The zero-order valence-electron chi connectivity index (χ0n) is 13.0. The Hall–Kier alpha value is -1.30. The molecule has 1 aromatic rings. The summed E-state index contributed by atoms with van der Waals surface area (Å²) in [5, 5.41) is 6.19. The SMILES string of the molecule is CCCNCCOc1ccc(NC(=O)C2CCOC2)cc1.Cl. The van der Waals surface area contributed by atoms with Crippen LogP contribution in [0.5, 0.6) is 5.75 Å². The van der Waals surface area contributed by atoms with E-state index in [4.69, 9.17) is 9.47 Å². The van der Waals surface area contributed by atoms with Gasteiger partial charge in [-0.05, 0) is 43.7 Å². The van der Waals surface area contributed by atoms with Crippen LogP contribution in [0.1, 0.15) is 19.8 Å². The Balaban J connectivity index is 0.00000242. The topological polar surface area (TPSA) is 59.6 Å². The summed E-state index contributed by atoms with van der Waals surface area (Å²) in [7, 11) is 0. The van der Waals surface area contributed by atoms with Crippen molar-refractivity contribution in [1.29, 1.82) is 0 Å². The van der Waals surface area contributed by atoms with Crippen LogP contribution in [0, 0.1) is 5.92 Å². The molecule has 124 valence electrons. The van der Waals surface area contributed by atoms with Crippen LogP contribution in [0.25, 0.3) is 0 Å². The molecule has 0 radical (unpaired) electrons. The quantitative estimate of drug-likeness (QED) is 0.720. The Morgan fingerprint density at radius 2 is 2.09 bits per heavy atom. The first-order valence-corrected chi connectivity index (χ1v) is 7.62. The minimum atomic E-state index is -0.0226. The Morgan fingerprint density at radius 3 is 2.73 bits per heavy atom. The van der Waals surface area contributed by atoms with Crippen molar-refractivity contribution in [1.82, 2.24) is 5.32 Å². The zero-order valence-corrected chi connectivity index (χ0v) is 13.8. The van der Waals surface area contributed by atoms with Crippen molar-refractivity contribution in [3.63, 3.8) is 0 Å². The maximum atomic E-state index is 11.9. The number of halogens is 1. The van der Waals surface area contributed by atoms with Gasteiger partial charge in [-0.25, -0.2) is 0 Å². The number of hydrogen-bond acceptors (Lipinski definition) is 4. The minimum Gasteiger partial charge on any atom is -0.492 e. The molecular weight excluding hydrogens is 304 g/mol. The second-order valence-electron chi connectivity index (χ2n) is 5.17. The average molecular weight is 329 g/mol. The lowest BCUT2D eigenvalue weighted by Gasteiger charge is -2.11. The summed E-state index contributed by atoms with van der Waals surface area (Å²) in [6.45, 7) is 5.84. The molecule has 0 spiro atoms. The summed E-state index contributed by atoms with van der Waals surface area (Å²) in [5.74, 6) is 0.825. The monoisotopic (exact) mass is 328 g/mol. The van der Waals surface area contributed by atoms with Gasteiger partial charge in [-0.2, -0.15) is 0 Å². The van der Waals surface area contributed by atoms with Gasteiger partial charge < -0.3 is 20.1 Å². The summed E-state index contributed by atoms with van der Waals surface area (Å²) in [6.07, 6.45) is 1.93. The van der Waals surface area contributed by atoms with Gasteiger partial charge >= 0.3 is 0 Å². The molecule has 1 aliphatic rings. The van der Waals surface area contributed by atoms with E-state index >= 15 is 0 Å². The second-order valence-corrected chi connectivity index (χ2v) is 5.17. The second kappa shape index (κ2) is 10.4. The smallest absolute Gasteiger partial charge is 0.229 e. The molecule has 0 saturated carbocycles. The molecule has 1 saturated heterocycles. The first kappa shape index (κ1) is 18.7. The summed E-state index contributed by atoms with van der Waals surface area (Å²) in [5.41, 5.74) is 0.795. The van der Waals surface area contributed by atoms with E-state index in [0.29, 0.717) is 19.8 Å². The lowest BCUT2D eigenvalue weighted by molar-refractivity contribution is -0.119. The molecule has 1 unspecified atom stereocenters. The third kappa shape index (κ3) is 6.22. The molecule has 1 fully saturated rings. The molecule has 2 N–H and O–H groups in total. The van der Waals surface area contributed by atoms with E-state index in [9.17, 15) is 4.79 Å². The van der Waals surface area contributed by atoms with Gasteiger partial charge in [0.1, 0.15) is 12.4 Å².